The van der Waals surface area contributed by atoms with Crippen molar-refractivity contribution < 1.29 is 18.7 Å². The van der Waals surface area contributed by atoms with Gasteiger partial charge in [0.05, 0.1) is 24.4 Å². The lowest BCUT2D eigenvalue weighted by molar-refractivity contribution is 0.102. The molecule has 1 amide bonds. The fourth-order valence-corrected chi connectivity index (χ4v) is 2.88. The van der Waals surface area contributed by atoms with Crippen LogP contribution in [0.5, 0.6) is 11.5 Å². The fourth-order valence-electron chi connectivity index (χ4n) is 2.62. The lowest BCUT2D eigenvalue weighted by Gasteiger charge is -2.15. The maximum atomic E-state index is 12.7. The molecule has 2 aromatic carbocycles. The Morgan fingerprint density at radius 2 is 2.07 bits per heavy atom. The molecule has 3 aromatic rings. The van der Waals surface area contributed by atoms with Crippen LogP contribution in [0.3, 0.4) is 0 Å². The molecule has 0 radical (unpaired) electrons. The molecule has 1 N–H and O–H groups in total. The Labute approximate surface area is 168 Å². The van der Waals surface area contributed by atoms with Crippen molar-refractivity contribution in [1.82, 2.24) is 4.98 Å². The first-order valence-electron chi connectivity index (χ1n) is 9.01. The van der Waals surface area contributed by atoms with Gasteiger partial charge in [-0.1, -0.05) is 30.7 Å². The number of benzene rings is 2. The number of nitrogens with zero attached hydrogens (tertiary/aromatic N) is 1. The van der Waals surface area contributed by atoms with Crippen molar-refractivity contribution in [3.05, 3.63) is 59.6 Å². The van der Waals surface area contributed by atoms with Crippen LogP contribution in [0, 0.1) is 0 Å². The number of oxazole rings is 1. The number of aromatic nitrogens is 1. The van der Waals surface area contributed by atoms with Crippen LogP contribution in [0.15, 0.2) is 53.4 Å². The van der Waals surface area contributed by atoms with E-state index >= 15 is 0 Å². The molecule has 0 aliphatic carbocycles. The standard InChI is InChI=1S/C21H21ClN2O4/c1-3-8-27-20-17(22)10-15(11-18(20)26-4-2)21(25)24-16-7-5-6-14(9-16)19-12-23-13-28-19/h5-7,9-13H,3-4,8H2,1-2H3,(H,24,25). The minimum Gasteiger partial charge on any atom is -0.490 e. The molecule has 0 spiro atoms. The predicted octanol–water partition coefficient (Wildman–Crippen LogP) is 5.43. The van der Waals surface area contributed by atoms with Gasteiger partial charge in [-0.25, -0.2) is 4.98 Å². The van der Waals surface area contributed by atoms with Gasteiger partial charge in [-0.3, -0.25) is 4.79 Å². The molecule has 0 aliphatic rings. The fraction of sp³-hybridized carbons (Fsp3) is 0.238. The predicted molar refractivity (Wildman–Crippen MR) is 108 cm³/mol. The summed E-state index contributed by atoms with van der Waals surface area (Å²) in [6, 6.07) is 10.5. The molecule has 0 atom stereocenters. The number of halogens is 1. The van der Waals surface area contributed by atoms with Crippen molar-refractivity contribution in [2.24, 2.45) is 0 Å². The summed E-state index contributed by atoms with van der Waals surface area (Å²) in [5.74, 6) is 1.22. The summed E-state index contributed by atoms with van der Waals surface area (Å²) in [6.07, 6.45) is 3.82. The Balaban J connectivity index is 1.83. The summed E-state index contributed by atoms with van der Waals surface area (Å²) < 4.78 is 16.6. The molecule has 0 unspecified atom stereocenters. The van der Waals surface area contributed by atoms with Gasteiger partial charge in [-0.2, -0.15) is 0 Å². The zero-order valence-electron chi connectivity index (χ0n) is 15.7. The van der Waals surface area contributed by atoms with Crippen molar-refractivity contribution in [2.45, 2.75) is 20.3 Å². The molecule has 1 aromatic heterocycles. The minimum absolute atomic E-state index is 0.306. The van der Waals surface area contributed by atoms with Crippen LogP contribution in [-0.2, 0) is 0 Å². The summed E-state index contributed by atoms with van der Waals surface area (Å²) in [6.45, 7) is 4.81. The summed E-state index contributed by atoms with van der Waals surface area (Å²) in [4.78, 5) is 16.7. The molecule has 0 bridgehead atoms. The van der Waals surface area contributed by atoms with Gasteiger partial charge in [0.2, 0.25) is 0 Å². The normalized spacial score (nSPS) is 10.5. The zero-order valence-corrected chi connectivity index (χ0v) is 16.5. The van der Waals surface area contributed by atoms with E-state index in [1.165, 1.54) is 6.39 Å². The van der Waals surface area contributed by atoms with Gasteiger partial charge in [-0.05, 0) is 37.6 Å². The zero-order chi connectivity index (χ0) is 19.9. The van der Waals surface area contributed by atoms with Crippen LogP contribution in [0.1, 0.15) is 30.6 Å². The second kappa shape index (κ2) is 9.28. The molecule has 0 saturated heterocycles. The molecule has 28 heavy (non-hydrogen) atoms. The smallest absolute Gasteiger partial charge is 0.255 e. The lowest BCUT2D eigenvalue weighted by Crippen LogP contribution is -2.13. The number of carbonyl (C=O) groups excluding carboxylic acids is 1. The van der Waals surface area contributed by atoms with Gasteiger partial charge >= 0.3 is 0 Å². The summed E-state index contributed by atoms with van der Waals surface area (Å²) >= 11 is 6.34. The average Bonchev–Trinajstić information content (AvgIpc) is 3.22. The van der Waals surface area contributed by atoms with Crippen molar-refractivity contribution >= 4 is 23.2 Å². The Hall–Kier alpha value is -2.99. The number of anilines is 1. The number of nitrogens with one attached hydrogen (secondary N) is 1. The van der Waals surface area contributed by atoms with Crippen LogP contribution >= 0.6 is 11.6 Å². The van der Waals surface area contributed by atoms with Crippen molar-refractivity contribution in [3.8, 4) is 22.8 Å². The van der Waals surface area contributed by atoms with E-state index < -0.39 is 0 Å². The number of ether oxygens (including phenoxy) is 2. The molecule has 1 heterocycles. The molecular formula is C21H21ClN2O4. The molecule has 7 heteroatoms. The first kappa shape index (κ1) is 19.8. The van der Waals surface area contributed by atoms with Crippen LogP contribution < -0.4 is 14.8 Å². The molecule has 0 saturated carbocycles. The van der Waals surface area contributed by atoms with E-state index in [0.717, 1.165) is 12.0 Å². The van der Waals surface area contributed by atoms with Crippen LogP contribution in [-0.4, -0.2) is 24.1 Å². The van der Waals surface area contributed by atoms with E-state index in [2.05, 4.69) is 10.3 Å². The Bertz CT molecular complexity index is 942. The molecule has 6 nitrogen and oxygen atoms in total. The van der Waals surface area contributed by atoms with Crippen molar-refractivity contribution in [1.29, 1.82) is 0 Å². The Morgan fingerprint density at radius 3 is 2.79 bits per heavy atom. The number of carbonyl (C=O) groups is 1. The molecule has 146 valence electrons. The maximum Gasteiger partial charge on any atom is 0.255 e. The van der Waals surface area contributed by atoms with Crippen LogP contribution in [0.4, 0.5) is 5.69 Å². The van der Waals surface area contributed by atoms with Gasteiger partial charge < -0.3 is 19.2 Å². The second-order valence-corrected chi connectivity index (χ2v) is 6.37. The highest BCUT2D eigenvalue weighted by Gasteiger charge is 2.17. The first-order chi connectivity index (χ1) is 13.6. The monoisotopic (exact) mass is 400 g/mol. The van der Waals surface area contributed by atoms with Crippen LogP contribution in [0.2, 0.25) is 5.02 Å². The molecule has 3 rings (SSSR count). The minimum atomic E-state index is -0.306. The SMILES string of the molecule is CCCOc1c(Cl)cc(C(=O)Nc2cccc(-c3cnco3)c2)cc1OCC. The van der Waals surface area contributed by atoms with E-state index in [9.17, 15) is 4.79 Å². The third-order valence-electron chi connectivity index (χ3n) is 3.86. The summed E-state index contributed by atoms with van der Waals surface area (Å²) in [7, 11) is 0. The first-order valence-corrected chi connectivity index (χ1v) is 9.39. The van der Waals surface area contributed by atoms with Gasteiger partial charge in [0, 0.05) is 16.8 Å². The van der Waals surface area contributed by atoms with Crippen molar-refractivity contribution in [2.75, 3.05) is 18.5 Å². The highest BCUT2D eigenvalue weighted by Crippen LogP contribution is 2.37. The van der Waals surface area contributed by atoms with E-state index in [0.29, 0.717) is 46.7 Å². The topological polar surface area (TPSA) is 73.6 Å². The van der Waals surface area contributed by atoms with E-state index in [1.807, 2.05) is 32.0 Å². The maximum absolute atomic E-state index is 12.7. The molecular weight excluding hydrogens is 380 g/mol. The number of amides is 1. The number of hydrogen-bond acceptors (Lipinski definition) is 5. The average molecular weight is 401 g/mol. The molecule has 0 aliphatic heterocycles. The highest BCUT2D eigenvalue weighted by molar-refractivity contribution is 6.32. The third-order valence-corrected chi connectivity index (χ3v) is 4.14. The lowest BCUT2D eigenvalue weighted by atomic mass is 10.1. The van der Waals surface area contributed by atoms with Gasteiger partial charge in [0.15, 0.2) is 23.7 Å². The number of rotatable bonds is 8. The second-order valence-electron chi connectivity index (χ2n) is 5.97. The molecule has 0 fully saturated rings. The van der Waals surface area contributed by atoms with Gasteiger partial charge in [-0.15, -0.1) is 0 Å². The highest BCUT2D eigenvalue weighted by atomic mass is 35.5. The quantitative estimate of drug-likeness (QED) is 0.545. The Kier molecular flexibility index (Phi) is 6.55. The van der Waals surface area contributed by atoms with E-state index in [1.54, 1.807) is 24.4 Å². The summed E-state index contributed by atoms with van der Waals surface area (Å²) in [5, 5.41) is 3.20. The Morgan fingerprint density at radius 1 is 1.21 bits per heavy atom. The number of hydrogen-bond donors (Lipinski definition) is 1. The summed E-state index contributed by atoms with van der Waals surface area (Å²) in [5.41, 5.74) is 1.81. The largest absolute Gasteiger partial charge is 0.490 e. The van der Waals surface area contributed by atoms with Crippen molar-refractivity contribution in [3.63, 3.8) is 0 Å². The van der Waals surface area contributed by atoms with E-state index in [-0.39, 0.29) is 5.91 Å². The van der Waals surface area contributed by atoms with E-state index in [4.69, 9.17) is 25.5 Å². The third kappa shape index (κ3) is 4.64. The van der Waals surface area contributed by atoms with Gasteiger partial charge in [0.1, 0.15) is 0 Å². The van der Waals surface area contributed by atoms with Gasteiger partial charge in [0.25, 0.3) is 5.91 Å². The van der Waals surface area contributed by atoms with Crippen LogP contribution in [0.25, 0.3) is 11.3 Å².